The number of hydrogen-bond donors (Lipinski definition) is 0. The molecule has 2 aromatic rings. The Morgan fingerprint density at radius 1 is 1.24 bits per heavy atom. The third-order valence-electron chi connectivity index (χ3n) is 4.53. The second-order valence-corrected chi connectivity index (χ2v) is 6.59. The van der Waals surface area contributed by atoms with Gasteiger partial charge in [-0.2, -0.15) is 4.80 Å². The van der Waals surface area contributed by atoms with Crippen LogP contribution in [0.25, 0.3) is 0 Å². The molecular formula is C16H20F3N5O. The smallest absolute Gasteiger partial charge is 0.406 e. The number of nitrogens with zero attached hydrogens (tertiary/aromatic N) is 5. The molecule has 1 unspecified atom stereocenters. The first-order valence-corrected chi connectivity index (χ1v) is 8.06. The number of benzene rings is 1. The predicted molar refractivity (Wildman–Crippen MR) is 83.7 cm³/mol. The van der Waals surface area contributed by atoms with Gasteiger partial charge in [-0.25, -0.2) is 0 Å². The van der Waals surface area contributed by atoms with E-state index in [4.69, 9.17) is 0 Å². The van der Waals surface area contributed by atoms with Crippen LogP contribution in [0.15, 0.2) is 24.3 Å². The lowest BCUT2D eigenvalue weighted by Gasteiger charge is -2.34. The van der Waals surface area contributed by atoms with E-state index in [1.54, 1.807) is 19.2 Å². The van der Waals surface area contributed by atoms with Crippen molar-refractivity contribution < 1.29 is 17.9 Å². The Labute approximate surface area is 143 Å². The largest absolute Gasteiger partial charge is 0.573 e. The van der Waals surface area contributed by atoms with E-state index in [0.717, 1.165) is 31.4 Å². The first-order chi connectivity index (χ1) is 11.7. The molecule has 136 valence electrons. The molecular weight excluding hydrogens is 335 g/mol. The van der Waals surface area contributed by atoms with Crippen LogP contribution in [0, 0.1) is 0 Å². The summed E-state index contributed by atoms with van der Waals surface area (Å²) in [6.07, 6.45) is -1.86. The van der Waals surface area contributed by atoms with Crippen LogP contribution in [0.2, 0.25) is 0 Å². The van der Waals surface area contributed by atoms with E-state index in [0.29, 0.717) is 12.4 Å². The maximum absolute atomic E-state index is 12.2. The first-order valence-electron chi connectivity index (χ1n) is 8.06. The van der Waals surface area contributed by atoms with Gasteiger partial charge in [0, 0.05) is 5.54 Å². The third kappa shape index (κ3) is 4.47. The highest BCUT2D eigenvalue weighted by Gasteiger charge is 2.37. The van der Waals surface area contributed by atoms with Crippen LogP contribution < -0.4 is 4.74 Å². The Kier molecular flexibility index (Phi) is 4.68. The summed E-state index contributed by atoms with van der Waals surface area (Å²) < 4.78 is 40.6. The van der Waals surface area contributed by atoms with E-state index < -0.39 is 6.36 Å². The Morgan fingerprint density at radius 2 is 1.96 bits per heavy atom. The summed E-state index contributed by atoms with van der Waals surface area (Å²) in [7, 11) is 1.73. The minimum Gasteiger partial charge on any atom is -0.406 e. The van der Waals surface area contributed by atoms with Gasteiger partial charge in [-0.15, -0.1) is 23.4 Å². The van der Waals surface area contributed by atoms with Crippen LogP contribution in [-0.2, 0) is 20.0 Å². The number of ether oxygens (including phenoxy) is 1. The predicted octanol–water partition coefficient (Wildman–Crippen LogP) is 2.71. The standard InChI is InChI=1S/C16H20F3N5O/c1-15(8-3-9-24(15)11-14-20-22-23(2)21-14)10-12-4-6-13(7-5-12)25-16(17,18)19/h4-7H,3,8-11H2,1-2H3. The number of tetrazole rings is 1. The molecule has 1 aromatic heterocycles. The van der Waals surface area contributed by atoms with Crippen molar-refractivity contribution in [3.63, 3.8) is 0 Å². The molecule has 0 aliphatic carbocycles. The third-order valence-corrected chi connectivity index (χ3v) is 4.53. The molecule has 25 heavy (non-hydrogen) atoms. The number of alkyl halides is 3. The van der Waals surface area contributed by atoms with Gasteiger partial charge < -0.3 is 4.74 Å². The Hall–Kier alpha value is -2.16. The van der Waals surface area contributed by atoms with E-state index in [9.17, 15) is 13.2 Å². The Morgan fingerprint density at radius 3 is 2.56 bits per heavy atom. The molecule has 1 fully saturated rings. The van der Waals surface area contributed by atoms with Crippen LogP contribution in [0.3, 0.4) is 0 Å². The minimum atomic E-state index is -4.67. The molecule has 0 amide bonds. The summed E-state index contributed by atoms with van der Waals surface area (Å²) in [6, 6.07) is 6.08. The zero-order valence-electron chi connectivity index (χ0n) is 14.1. The van der Waals surface area contributed by atoms with Crippen molar-refractivity contribution in [2.24, 2.45) is 7.05 Å². The Balaban J connectivity index is 1.67. The number of rotatable bonds is 5. The first kappa shape index (κ1) is 17.7. The minimum absolute atomic E-state index is 0.0917. The van der Waals surface area contributed by atoms with Crippen LogP contribution in [0.5, 0.6) is 5.75 Å². The zero-order valence-corrected chi connectivity index (χ0v) is 14.1. The van der Waals surface area contributed by atoms with Crippen molar-refractivity contribution in [3.8, 4) is 5.75 Å². The molecule has 1 atom stereocenters. The van der Waals surface area contributed by atoms with Crippen molar-refractivity contribution in [3.05, 3.63) is 35.7 Å². The molecule has 1 aromatic carbocycles. The number of aryl methyl sites for hydroxylation is 1. The van der Waals surface area contributed by atoms with Crippen molar-refractivity contribution in [2.75, 3.05) is 6.54 Å². The Bertz CT molecular complexity index is 715. The summed E-state index contributed by atoms with van der Waals surface area (Å²) in [4.78, 5) is 3.74. The van der Waals surface area contributed by atoms with Crippen molar-refractivity contribution in [2.45, 2.75) is 44.6 Å². The van der Waals surface area contributed by atoms with Crippen LogP contribution in [0.4, 0.5) is 13.2 Å². The molecule has 0 radical (unpaired) electrons. The number of hydrogen-bond acceptors (Lipinski definition) is 5. The molecule has 3 rings (SSSR count). The highest BCUT2D eigenvalue weighted by atomic mass is 19.4. The van der Waals surface area contributed by atoms with Gasteiger partial charge in [0.2, 0.25) is 0 Å². The van der Waals surface area contributed by atoms with E-state index in [2.05, 4.69) is 32.0 Å². The van der Waals surface area contributed by atoms with Gasteiger partial charge in [-0.05, 0) is 55.6 Å². The van der Waals surface area contributed by atoms with Crippen LogP contribution >= 0.6 is 0 Å². The quantitative estimate of drug-likeness (QED) is 0.825. The van der Waals surface area contributed by atoms with Crippen molar-refractivity contribution in [1.29, 1.82) is 0 Å². The summed E-state index contributed by atoms with van der Waals surface area (Å²) in [5, 5.41) is 12.1. The van der Waals surface area contributed by atoms with Gasteiger partial charge in [0.05, 0.1) is 13.6 Å². The number of likely N-dealkylation sites (tertiary alicyclic amines) is 1. The van der Waals surface area contributed by atoms with Gasteiger partial charge in [0.15, 0.2) is 5.82 Å². The summed E-state index contributed by atoms with van der Waals surface area (Å²) in [6.45, 7) is 3.71. The highest BCUT2D eigenvalue weighted by molar-refractivity contribution is 5.28. The zero-order chi connectivity index (χ0) is 18.1. The topological polar surface area (TPSA) is 56.1 Å². The van der Waals surface area contributed by atoms with Gasteiger partial charge in [-0.3, -0.25) is 4.90 Å². The average Bonchev–Trinajstić information content (AvgIpc) is 3.07. The molecule has 2 heterocycles. The van der Waals surface area contributed by atoms with Gasteiger partial charge in [0.1, 0.15) is 5.75 Å². The molecule has 0 saturated carbocycles. The molecule has 0 N–H and O–H groups in total. The maximum atomic E-state index is 12.2. The molecule has 1 saturated heterocycles. The lowest BCUT2D eigenvalue weighted by molar-refractivity contribution is -0.274. The summed E-state index contributed by atoms with van der Waals surface area (Å²) >= 11 is 0. The SMILES string of the molecule is Cn1nnc(CN2CCCC2(C)Cc2ccc(OC(F)(F)F)cc2)n1. The second kappa shape index (κ2) is 6.62. The molecule has 1 aliphatic heterocycles. The number of halogens is 3. The molecule has 0 bridgehead atoms. The van der Waals surface area contributed by atoms with E-state index in [1.165, 1.54) is 16.9 Å². The van der Waals surface area contributed by atoms with E-state index in [1.807, 2.05) is 0 Å². The molecule has 6 nitrogen and oxygen atoms in total. The normalized spacial score (nSPS) is 21.6. The summed E-state index contributed by atoms with van der Waals surface area (Å²) in [5.41, 5.74) is 0.877. The second-order valence-electron chi connectivity index (χ2n) is 6.59. The van der Waals surface area contributed by atoms with Gasteiger partial charge >= 0.3 is 6.36 Å². The fraction of sp³-hybridized carbons (Fsp3) is 0.562. The molecule has 0 spiro atoms. The van der Waals surface area contributed by atoms with Crippen LogP contribution in [-0.4, -0.2) is 43.6 Å². The van der Waals surface area contributed by atoms with Crippen LogP contribution in [0.1, 0.15) is 31.2 Å². The van der Waals surface area contributed by atoms with E-state index >= 15 is 0 Å². The fourth-order valence-electron chi connectivity index (χ4n) is 3.35. The van der Waals surface area contributed by atoms with Crippen molar-refractivity contribution in [1.82, 2.24) is 25.1 Å². The molecule has 1 aliphatic rings. The lowest BCUT2D eigenvalue weighted by Crippen LogP contribution is -2.42. The van der Waals surface area contributed by atoms with E-state index in [-0.39, 0.29) is 11.3 Å². The fourth-order valence-corrected chi connectivity index (χ4v) is 3.35. The van der Waals surface area contributed by atoms with Crippen molar-refractivity contribution >= 4 is 0 Å². The highest BCUT2D eigenvalue weighted by Crippen LogP contribution is 2.34. The monoisotopic (exact) mass is 355 g/mol. The lowest BCUT2D eigenvalue weighted by atomic mass is 9.90. The van der Waals surface area contributed by atoms with Gasteiger partial charge in [-0.1, -0.05) is 12.1 Å². The molecule has 9 heteroatoms. The average molecular weight is 355 g/mol. The van der Waals surface area contributed by atoms with Gasteiger partial charge in [0.25, 0.3) is 0 Å². The maximum Gasteiger partial charge on any atom is 0.573 e. The number of aromatic nitrogens is 4. The summed E-state index contributed by atoms with van der Waals surface area (Å²) in [5.74, 6) is 0.470.